The van der Waals surface area contributed by atoms with Crippen molar-refractivity contribution in [3.8, 4) is 5.69 Å². The third kappa shape index (κ3) is 2.81. The Morgan fingerprint density at radius 3 is 2.50 bits per heavy atom. The Balaban J connectivity index is 2.38. The fraction of sp³-hybridized carbons (Fsp3) is 0.350. The molecule has 0 fully saturated rings. The first-order valence-electron chi connectivity index (χ1n) is 8.76. The Bertz CT molecular complexity index is 1060. The number of pyridine rings is 1. The van der Waals surface area contributed by atoms with Gasteiger partial charge in [-0.2, -0.15) is 5.10 Å². The summed E-state index contributed by atoms with van der Waals surface area (Å²) < 4.78 is 3.53. The average Bonchev–Trinajstić information content (AvgIpc) is 2.92. The first kappa shape index (κ1) is 17.9. The second-order valence-corrected chi connectivity index (χ2v) is 6.53. The maximum absolute atomic E-state index is 13.1. The van der Waals surface area contributed by atoms with Crippen LogP contribution in [0.2, 0.25) is 0 Å². The molecule has 6 nitrogen and oxygen atoms in total. The van der Waals surface area contributed by atoms with E-state index in [1.54, 1.807) is 4.57 Å². The predicted molar refractivity (Wildman–Crippen MR) is 101 cm³/mol. The summed E-state index contributed by atoms with van der Waals surface area (Å²) in [5.41, 5.74) is 4.86. The summed E-state index contributed by atoms with van der Waals surface area (Å²) in [6.45, 7) is 8.24. The minimum atomic E-state index is -0.903. The van der Waals surface area contributed by atoms with Gasteiger partial charge < -0.3 is 5.11 Å². The third-order valence-corrected chi connectivity index (χ3v) is 4.87. The van der Waals surface area contributed by atoms with Crippen molar-refractivity contribution in [1.29, 1.82) is 0 Å². The van der Waals surface area contributed by atoms with Crippen LogP contribution in [0.1, 0.15) is 35.7 Å². The van der Waals surface area contributed by atoms with Gasteiger partial charge in [-0.25, -0.2) is 4.68 Å². The lowest BCUT2D eigenvalue weighted by atomic mass is 10.0. The molecule has 6 heteroatoms. The number of rotatable bonds is 5. The van der Waals surface area contributed by atoms with Crippen LogP contribution in [0.4, 0.5) is 0 Å². The molecule has 0 spiro atoms. The lowest BCUT2D eigenvalue weighted by Crippen LogP contribution is -2.26. The highest BCUT2D eigenvalue weighted by atomic mass is 16.4. The van der Waals surface area contributed by atoms with Crippen LogP contribution in [-0.2, 0) is 17.8 Å². The lowest BCUT2D eigenvalue weighted by Gasteiger charge is -2.15. The van der Waals surface area contributed by atoms with Crippen molar-refractivity contribution < 1.29 is 9.90 Å². The van der Waals surface area contributed by atoms with E-state index in [1.807, 2.05) is 56.6 Å². The molecule has 0 saturated carbocycles. The van der Waals surface area contributed by atoms with Crippen molar-refractivity contribution in [2.45, 2.75) is 47.1 Å². The van der Waals surface area contributed by atoms with Crippen LogP contribution < -0.4 is 5.56 Å². The van der Waals surface area contributed by atoms with Crippen LogP contribution in [-0.4, -0.2) is 25.4 Å². The van der Waals surface area contributed by atoms with Gasteiger partial charge in [0, 0.05) is 23.9 Å². The number of carboxylic acid groups (broad SMARTS) is 1. The van der Waals surface area contributed by atoms with Gasteiger partial charge in [-0.1, -0.05) is 18.2 Å². The number of aliphatic carboxylic acids is 1. The van der Waals surface area contributed by atoms with Gasteiger partial charge in [0.2, 0.25) is 0 Å². The average molecular weight is 353 g/mol. The number of carbonyl (C=O) groups is 1. The van der Waals surface area contributed by atoms with Crippen LogP contribution in [0.25, 0.3) is 16.7 Å². The van der Waals surface area contributed by atoms with Crippen molar-refractivity contribution >= 4 is 17.0 Å². The minimum Gasteiger partial charge on any atom is -0.481 e. The highest BCUT2D eigenvalue weighted by molar-refractivity contribution is 5.85. The zero-order valence-electron chi connectivity index (χ0n) is 15.5. The number of aromatic nitrogens is 3. The number of para-hydroxylation sites is 1. The van der Waals surface area contributed by atoms with E-state index < -0.39 is 5.97 Å². The number of hydrogen-bond acceptors (Lipinski definition) is 3. The SMILES string of the molecule is CCn1c(=O)c(CCC(=O)O)c(C)c2c(C)nn(-c3ccccc3C)c21. The van der Waals surface area contributed by atoms with E-state index in [2.05, 4.69) is 0 Å². The van der Waals surface area contributed by atoms with Crippen LogP contribution >= 0.6 is 0 Å². The molecule has 0 amide bonds. The second-order valence-electron chi connectivity index (χ2n) is 6.53. The molecule has 0 aliphatic heterocycles. The topological polar surface area (TPSA) is 77.1 Å². The number of fused-ring (bicyclic) bond motifs is 1. The molecule has 0 bridgehead atoms. The van der Waals surface area contributed by atoms with E-state index in [4.69, 9.17) is 10.2 Å². The van der Waals surface area contributed by atoms with Crippen LogP contribution in [0.3, 0.4) is 0 Å². The monoisotopic (exact) mass is 353 g/mol. The molecule has 26 heavy (non-hydrogen) atoms. The van der Waals surface area contributed by atoms with Crippen LogP contribution in [0.5, 0.6) is 0 Å². The molecule has 0 aliphatic carbocycles. The van der Waals surface area contributed by atoms with Crippen molar-refractivity contribution in [2.24, 2.45) is 0 Å². The molecule has 2 heterocycles. The highest BCUT2D eigenvalue weighted by Crippen LogP contribution is 2.27. The summed E-state index contributed by atoms with van der Waals surface area (Å²) >= 11 is 0. The van der Waals surface area contributed by atoms with E-state index in [0.29, 0.717) is 12.1 Å². The van der Waals surface area contributed by atoms with E-state index >= 15 is 0 Å². The smallest absolute Gasteiger partial charge is 0.303 e. The normalized spacial score (nSPS) is 11.2. The number of aryl methyl sites for hydroxylation is 4. The molecular weight excluding hydrogens is 330 g/mol. The van der Waals surface area contributed by atoms with E-state index in [-0.39, 0.29) is 18.4 Å². The number of hydrogen-bond donors (Lipinski definition) is 1. The maximum Gasteiger partial charge on any atom is 0.303 e. The molecule has 136 valence electrons. The molecule has 3 aromatic rings. The van der Waals surface area contributed by atoms with Crippen molar-refractivity contribution in [2.75, 3.05) is 0 Å². The Hall–Kier alpha value is -2.89. The van der Waals surface area contributed by atoms with Gasteiger partial charge in [0.15, 0.2) is 0 Å². The Labute approximate surface area is 151 Å². The molecule has 0 saturated heterocycles. The molecule has 1 aromatic carbocycles. The highest BCUT2D eigenvalue weighted by Gasteiger charge is 2.21. The summed E-state index contributed by atoms with van der Waals surface area (Å²) in [6, 6.07) is 7.92. The quantitative estimate of drug-likeness (QED) is 0.764. The Morgan fingerprint density at radius 2 is 1.88 bits per heavy atom. The molecule has 0 unspecified atom stereocenters. The summed E-state index contributed by atoms with van der Waals surface area (Å²) in [7, 11) is 0. The van der Waals surface area contributed by atoms with Gasteiger partial charge in [0.25, 0.3) is 5.56 Å². The summed E-state index contributed by atoms with van der Waals surface area (Å²) in [5, 5.41) is 14.6. The zero-order valence-corrected chi connectivity index (χ0v) is 15.5. The number of carboxylic acids is 1. The number of nitrogens with zero attached hydrogens (tertiary/aromatic N) is 3. The van der Waals surface area contributed by atoms with Crippen LogP contribution in [0, 0.1) is 20.8 Å². The lowest BCUT2D eigenvalue weighted by molar-refractivity contribution is -0.136. The van der Waals surface area contributed by atoms with E-state index in [0.717, 1.165) is 33.5 Å². The largest absolute Gasteiger partial charge is 0.481 e. The minimum absolute atomic E-state index is 0.0592. The fourth-order valence-corrected chi connectivity index (χ4v) is 3.56. The molecule has 3 rings (SSSR count). The summed E-state index contributed by atoms with van der Waals surface area (Å²) in [4.78, 5) is 24.0. The molecule has 0 atom stereocenters. The maximum atomic E-state index is 13.1. The van der Waals surface area contributed by atoms with Gasteiger partial charge in [-0.3, -0.25) is 14.2 Å². The molecule has 2 aromatic heterocycles. The van der Waals surface area contributed by atoms with Crippen molar-refractivity contribution in [3.63, 3.8) is 0 Å². The zero-order chi connectivity index (χ0) is 19.0. The molecule has 0 radical (unpaired) electrons. The standard InChI is InChI=1S/C20H23N3O3/c1-5-22-19-18(13(3)15(20(22)26)10-11-17(24)25)14(4)21-23(19)16-9-7-6-8-12(16)2/h6-9H,5,10-11H2,1-4H3,(H,24,25). The molecule has 1 N–H and O–H groups in total. The Morgan fingerprint density at radius 1 is 1.19 bits per heavy atom. The molecular formula is C20H23N3O3. The summed E-state index contributed by atoms with van der Waals surface area (Å²) in [5.74, 6) is -0.903. The van der Waals surface area contributed by atoms with Crippen molar-refractivity contribution in [3.05, 3.63) is 57.0 Å². The van der Waals surface area contributed by atoms with Gasteiger partial charge >= 0.3 is 5.97 Å². The summed E-state index contributed by atoms with van der Waals surface area (Å²) in [6.07, 6.45) is 0.168. The van der Waals surface area contributed by atoms with Gasteiger partial charge in [0.05, 0.1) is 11.4 Å². The Kier molecular flexibility index (Phi) is 4.68. The van der Waals surface area contributed by atoms with Gasteiger partial charge in [0.1, 0.15) is 5.65 Å². The molecule has 0 aliphatic rings. The first-order valence-corrected chi connectivity index (χ1v) is 8.76. The third-order valence-electron chi connectivity index (χ3n) is 4.87. The van der Waals surface area contributed by atoms with E-state index in [9.17, 15) is 9.59 Å². The number of benzene rings is 1. The van der Waals surface area contributed by atoms with Gasteiger partial charge in [-0.05, 0) is 51.3 Å². The fourth-order valence-electron chi connectivity index (χ4n) is 3.56. The van der Waals surface area contributed by atoms with E-state index in [1.165, 1.54) is 0 Å². The van der Waals surface area contributed by atoms with Crippen molar-refractivity contribution in [1.82, 2.24) is 14.3 Å². The first-order chi connectivity index (χ1) is 12.4. The predicted octanol–water partition coefficient (Wildman–Crippen LogP) is 3.15. The second kappa shape index (κ2) is 6.78. The van der Waals surface area contributed by atoms with Gasteiger partial charge in [-0.15, -0.1) is 0 Å². The van der Waals surface area contributed by atoms with Crippen LogP contribution in [0.15, 0.2) is 29.1 Å².